The number of furan rings is 1. The molecular weight excluding hydrogens is 338 g/mol. The standard InChI is InChI=1S/C22H23N3O2/c1-16-6-4-8-18(14-16)24-22(26)23-15-20(21-10-5-13-27-21)25-12-11-17-7-2-3-9-19(17)25/h2-10,13-14,20H,11-12,15H2,1H3,(H2,23,24,26)/t20-/m0/s1. The van der Waals surface area contributed by atoms with Crippen molar-refractivity contribution < 1.29 is 9.21 Å². The highest BCUT2D eigenvalue weighted by Gasteiger charge is 2.29. The Labute approximate surface area is 159 Å². The summed E-state index contributed by atoms with van der Waals surface area (Å²) in [4.78, 5) is 14.7. The number of anilines is 2. The van der Waals surface area contributed by atoms with Gasteiger partial charge < -0.3 is 20.0 Å². The summed E-state index contributed by atoms with van der Waals surface area (Å²) in [6, 6.07) is 19.7. The average molecular weight is 361 g/mol. The van der Waals surface area contributed by atoms with Gasteiger partial charge in [0.1, 0.15) is 11.8 Å². The van der Waals surface area contributed by atoms with E-state index in [9.17, 15) is 4.79 Å². The van der Waals surface area contributed by atoms with E-state index in [0.29, 0.717) is 6.54 Å². The van der Waals surface area contributed by atoms with Crippen LogP contribution < -0.4 is 15.5 Å². The number of amides is 2. The molecule has 2 amide bonds. The molecule has 0 unspecified atom stereocenters. The molecule has 2 N–H and O–H groups in total. The molecule has 0 bridgehead atoms. The summed E-state index contributed by atoms with van der Waals surface area (Å²) in [7, 11) is 0. The van der Waals surface area contributed by atoms with Crippen molar-refractivity contribution in [1.29, 1.82) is 0 Å². The van der Waals surface area contributed by atoms with Crippen molar-refractivity contribution in [1.82, 2.24) is 5.32 Å². The highest BCUT2D eigenvalue weighted by atomic mass is 16.3. The van der Waals surface area contributed by atoms with Crippen molar-refractivity contribution in [2.45, 2.75) is 19.4 Å². The first-order valence-electron chi connectivity index (χ1n) is 9.20. The molecular formula is C22H23N3O2. The lowest BCUT2D eigenvalue weighted by atomic mass is 10.1. The molecule has 27 heavy (non-hydrogen) atoms. The Bertz CT molecular complexity index is 921. The fourth-order valence-corrected chi connectivity index (χ4v) is 3.62. The minimum Gasteiger partial charge on any atom is -0.467 e. The molecule has 3 aromatic rings. The minimum absolute atomic E-state index is 0.0492. The van der Waals surface area contributed by atoms with Crippen LogP contribution in [0.3, 0.4) is 0 Å². The lowest BCUT2D eigenvalue weighted by Crippen LogP contribution is -2.39. The minimum atomic E-state index is -0.218. The van der Waals surface area contributed by atoms with Crippen molar-refractivity contribution in [2.75, 3.05) is 23.3 Å². The van der Waals surface area contributed by atoms with Crippen LogP contribution in [0.2, 0.25) is 0 Å². The summed E-state index contributed by atoms with van der Waals surface area (Å²) in [5, 5.41) is 5.89. The molecule has 0 fully saturated rings. The number of aryl methyl sites for hydroxylation is 1. The van der Waals surface area contributed by atoms with Crippen LogP contribution in [0, 0.1) is 6.92 Å². The molecule has 0 saturated carbocycles. The zero-order chi connectivity index (χ0) is 18.6. The lowest BCUT2D eigenvalue weighted by molar-refractivity contribution is 0.251. The molecule has 138 valence electrons. The maximum absolute atomic E-state index is 12.4. The van der Waals surface area contributed by atoms with Gasteiger partial charge in [-0.3, -0.25) is 0 Å². The lowest BCUT2D eigenvalue weighted by Gasteiger charge is -2.29. The Morgan fingerprint density at radius 1 is 1.15 bits per heavy atom. The van der Waals surface area contributed by atoms with Crippen molar-refractivity contribution >= 4 is 17.4 Å². The molecule has 2 aromatic carbocycles. The predicted octanol–water partition coefficient (Wildman–Crippen LogP) is 4.51. The van der Waals surface area contributed by atoms with Gasteiger partial charge in [-0.15, -0.1) is 0 Å². The summed E-state index contributed by atoms with van der Waals surface area (Å²) in [6.07, 6.45) is 2.68. The second kappa shape index (κ2) is 7.58. The zero-order valence-corrected chi connectivity index (χ0v) is 15.3. The van der Waals surface area contributed by atoms with Gasteiger partial charge >= 0.3 is 6.03 Å². The number of fused-ring (bicyclic) bond motifs is 1. The Hall–Kier alpha value is -3.21. The fourth-order valence-electron chi connectivity index (χ4n) is 3.62. The monoisotopic (exact) mass is 361 g/mol. The first-order chi connectivity index (χ1) is 13.2. The van der Waals surface area contributed by atoms with E-state index in [1.54, 1.807) is 6.26 Å². The topological polar surface area (TPSA) is 57.5 Å². The van der Waals surface area contributed by atoms with E-state index in [-0.39, 0.29) is 12.1 Å². The maximum atomic E-state index is 12.4. The van der Waals surface area contributed by atoms with Crippen LogP contribution in [0.4, 0.5) is 16.2 Å². The first kappa shape index (κ1) is 17.2. The number of carbonyl (C=O) groups is 1. The van der Waals surface area contributed by atoms with E-state index in [1.165, 1.54) is 11.3 Å². The number of hydrogen-bond acceptors (Lipinski definition) is 3. The third kappa shape index (κ3) is 3.82. The number of para-hydroxylation sites is 1. The molecule has 1 aromatic heterocycles. The van der Waals surface area contributed by atoms with Crippen LogP contribution in [0.1, 0.15) is 22.9 Å². The van der Waals surface area contributed by atoms with E-state index in [2.05, 4.69) is 33.7 Å². The maximum Gasteiger partial charge on any atom is 0.319 e. The highest BCUT2D eigenvalue weighted by molar-refractivity contribution is 5.89. The number of nitrogens with one attached hydrogen (secondary N) is 2. The third-order valence-electron chi connectivity index (χ3n) is 4.90. The predicted molar refractivity (Wildman–Crippen MR) is 107 cm³/mol. The molecule has 1 atom stereocenters. The number of urea groups is 1. The van der Waals surface area contributed by atoms with Crippen molar-refractivity contribution in [3.63, 3.8) is 0 Å². The summed E-state index contributed by atoms with van der Waals surface area (Å²) < 4.78 is 5.68. The van der Waals surface area contributed by atoms with E-state index < -0.39 is 0 Å². The van der Waals surface area contributed by atoms with Gasteiger partial charge in [0.05, 0.1) is 6.26 Å². The Morgan fingerprint density at radius 2 is 2.04 bits per heavy atom. The second-order valence-electron chi connectivity index (χ2n) is 6.81. The summed E-state index contributed by atoms with van der Waals surface area (Å²) in [6.45, 7) is 3.37. The SMILES string of the molecule is Cc1cccc(NC(=O)NC[C@@H](c2ccco2)N2CCc3ccccc32)c1. The van der Waals surface area contributed by atoms with Crippen LogP contribution in [-0.2, 0) is 6.42 Å². The number of carbonyl (C=O) groups excluding carboxylic acids is 1. The Morgan fingerprint density at radius 3 is 2.85 bits per heavy atom. The smallest absolute Gasteiger partial charge is 0.319 e. The molecule has 1 aliphatic heterocycles. The van der Waals surface area contributed by atoms with Gasteiger partial charge in [0.15, 0.2) is 0 Å². The van der Waals surface area contributed by atoms with Crippen molar-refractivity contribution in [3.8, 4) is 0 Å². The van der Waals surface area contributed by atoms with Gasteiger partial charge in [-0.05, 0) is 54.8 Å². The molecule has 4 rings (SSSR count). The van der Waals surface area contributed by atoms with E-state index in [0.717, 1.165) is 30.0 Å². The van der Waals surface area contributed by atoms with Gasteiger partial charge in [-0.1, -0.05) is 30.3 Å². The van der Waals surface area contributed by atoms with Gasteiger partial charge in [0, 0.05) is 24.5 Å². The average Bonchev–Trinajstić information content (AvgIpc) is 3.33. The van der Waals surface area contributed by atoms with E-state index >= 15 is 0 Å². The first-order valence-corrected chi connectivity index (χ1v) is 9.20. The van der Waals surface area contributed by atoms with Crippen LogP contribution in [0.25, 0.3) is 0 Å². The fraction of sp³-hybridized carbons (Fsp3) is 0.227. The molecule has 1 aliphatic rings. The number of hydrogen-bond donors (Lipinski definition) is 2. The molecule has 2 heterocycles. The number of rotatable bonds is 5. The summed E-state index contributed by atoms with van der Waals surface area (Å²) >= 11 is 0. The molecule has 5 nitrogen and oxygen atoms in total. The Kier molecular flexibility index (Phi) is 4.83. The number of nitrogens with zero attached hydrogens (tertiary/aromatic N) is 1. The van der Waals surface area contributed by atoms with Gasteiger partial charge in [0.2, 0.25) is 0 Å². The quantitative estimate of drug-likeness (QED) is 0.703. The van der Waals surface area contributed by atoms with Gasteiger partial charge in [-0.25, -0.2) is 4.79 Å². The van der Waals surface area contributed by atoms with E-state index in [1.807, 2.05) is 49.4 Å². The molecule has 0 spiro atoms. The highest BCUT2D eigenvalue weighted by Crippen LogP contribution is 2.34. The molecule has 0 aliphatic carbocycles. The normalized spacial score (nSPS) is 13.9. The van der Waals surface area contributed by atoms with Crippen LogP contribution in [0.5, 0.6) is 0 Å². The van der Waals surface area contributed by atoms with E-state index in [4.69, 9.17) is 4.42 Å². The second-order valence-corrected chi connectivity index (χ2v) is 6.81. The van der Waals surface area contributed by atoms with Crippen molar-refractivity contribution in [3.05, 3.63) is 83.8 Å². The van der Waals surface area contributed by atoms with Crippen LogP contribution in [-0.4, -0.2) is 19.1 Å². The van der Waals surface area contributed by atoms with Crippen molar-refractivity contribution in [2.24, 2.45) is 0 Å². The zero-order valence-electron chi connectivity index (χ0n) is 15.3. The molecule has 0 saturated heterocycles. The summed E-state index contributed by atoms with van der Waals surface area (Å²) in [5.74, 6) is 0.850. The largest absolute Gasteiger partial charge is 0.467 e. The third-order valence-corrected chi connectivity index (χ3v) is 4.90. The summed E-state index contributed by atoms with van der Waals surface area (Å²) in [5.41, 5.74) is 4.43. The number of benzene rings is 2. The Balaban J connectivity index is 1.47. The van der Waals surface area contributed by atoms with Gasteiger partial charge in [-0.2, -0.15) is 0 Å². The van der Waals surface area contributed by atoms with Crippen LogP contribution >= 0.6 is 0 Å². The van der Waals surface area contributed by atoms with Crippen LogP contribution in [0.15, 0.2) is 71.3 Å². The van der Waals surface area contributed by atoms with Gasteiger partial charge in [0.25, 0.3) is 0 Å². The molecule has 5 heteroatoms. The molecule has 0 radical (unpaired) electrons.